The van der Waals surface area contributed by atoms with Crippen LogP contribution in [0.4, 0.5) is 0 Å². The van der Waals surface area contributed by atoms with Crippen LogP contribution in [0.15, 0.2) is 42.7 Å². The predicted molar refractivity (Wildman–Crippen MR) is 90.8 cm³/mol. The molecule has 0 spiro atoms. The maximum atomic E-state index is 11.6. The molecule has 1 atom stereocenters. The van der Waals surface area contributed by atoms with Crippen molar-refractivity contribution in [2.75, 3.05) is 32.1 Å². The Bertz CT molecular complexity index is 731. The van der Waals surface area contributed by atoms with Gasteiger partial charge in [-0.05, 0) is 12.1 Å². The van der Waals surface area contributed by atoms with Gasteiger partial charge in [-0.1, -0.05) is 18.2 Å². The third-order valence-corrected chi connectivity index (χ3v) is 4.44. The Labute approximate surface area is 145 Å². The van der Waals surface area contributed by atoms with Gasteiger partial charge in [0.1, 0.15) is 11.9 Å². The van der Waals surface area contributed by atoms with Crippen molar-refractivity contribution < 1.29 is 4.79 Å². The van der Waals surface area contributed by atoms with Crippen LogP contribution in [0.1, 0.15) is 11.6 Å². The Balaban J connectivity index is 1.71. The molecule has 24 heavy (non-hydrogen) atoms. The molecular weight excluding hydrogens is 326 g/mol. The first-order chi connectivity index (χ1) is 11.7. The molecule has 0 N–H and O–H groups in total. The Morgan fingerprint density at radius 2 is 1.96 bits per heavy atom. The van der Waals surface area contributed by atoms with Crippen LogP contribution in [0.3, 0.4) is 0 Å². The van der Waals surface area contributed by atoms with Crippen LogP contribution < -0.4 is 0 Å². The Morgan fingerprint density at radius 3 is 2.58 bits per heavy atom. The minimum atomic E-state index is -0.365. The van der Waals surface area contributed by atoms with Crippen molar-refractivity contribution in [3.63, 3.8) is 0 Å². The van der Waals surface area contributed by atoms with Crippen LogP contribution >= 0.6 is 11.6 Å². The number of alkyl halides is 1. The lowest BCUT2D eigenvalue weighted by Crippen LogP contribution is -2.49. The van der Waals surface area contributed by atoms with Crippen LogP contribution in [0.2, 0.25) is 0 Å². The zero-order valence-electron chi connectivity index (χ0n) is 13.2. The second-order valence-electron chi connectivity index (χ2n) is 5.64. The van der Waals surface area contributed by atoms with Crippen LogP contribution in [0, 0.1) is 11.3 Å². The van der Waals surface area contributed by atoms with Gasteiger partial charge in [-0.25, -0.2) is 4.68 Å². The second-order valence-corrected chi connectivity index (χ2v) is 5.90. The van der Waals surface area contributed by atoms with Crippen LogP contribution in [-0.2, 0) is 4.79 Å². The molecule has 7 heteroatoms. The van der Waals surface area contributed by atoms with E-state index in [9.17, 15) is 10.1 Å². The SMILES string of the molecule is N#C[C@H](c1cnn(-c2ccccc2)c1)N1CCN(C(=O)CCl)CC1. The highest BCUT2D eigenvalue weighted by Crippen LogP contribution is 2.22. The molecule has 1 amide bonds. The molecule has 2 aromatic rings. The van der Waals surface area contributed by atoms with Crippen molar-refractivity contribution in [1.29, 1.82) is 5.26 Å². The Morgan fingerprint density at radius 1 is 1.25 bits per heavy atom. The third-order valence-electron chi connectivity index (χ3n) is 4.21. The van der Waals surface area contributed by atoms with Crippen molar-refractivity contribution in [1.82, 2.24) is 19.6 Å². The van der Waals surface area contributed by atoms with Crippen molar-refractivity contribution in [3.05, 3.63) is 48.3 Å². The summed E-state index contributed by atoms with van der Waals surface area (Å²) < 4.78 is 1.77. The molecule has 124 valence electrons. The van der Waals surface area contributed by atoms with Gasteiger partial charge in [0.15, 0.2) is 0 Å². The van der Waals surface area contributed by atoms with Gasteiger partial charge in [0.2, 0.25) is 5.91 Å². The summed E-state index contributed by atoms with van der Waals surface area (Å²) in [5, 5.41) is 14.0. The number of halogens is 1. The second kappa shape index (κ2) is 7.47. The topological polar surface area (TPSA) is 65.2 Å². The summed E-state index contributed by atoms with van der Waals surface area (Å²) in [6, 6.07) is 11.8. The number of nitriles is 1. The Kier molecular flexibility index (Phi) is 5.14. The minimum absolute atomic E-state index is 0.00548. The molecule has 0 aliphatic carbocycles. The molecule has 2 heterocycles. The van der Waals surface area contributed by atoms with Crippen molar-refractivity contribution >= 4 is 17.5 Å². The highest BCUT2D eigenvalue weighted by molar-refractivity contribution is 6.27. The minimum Gasteiger partial charge on any atom is -0.339 e. The van der Waals surface area contributed by atoms with E-state index in [2.05, 4.69) is 16.1 Å². The number of carbonyl (C=O) groups excluding carboxylic acids is 1. The maximum absolute atomic E-state index is 11.6. The van der Waals surface area contributed by atoms with Crippen LogP contribution in [0.5, 0.6) is 0 Å². The third kappa shape index (κ3) is 3.42. The van der Waals surface area contributed by atoms with E-state index in [0.29, 0.717) is 26.2 Å². The standard InChI is InChI=1S/C17H18ClN5O/c18-10-17(24)22-8-6-21(7-9-22)16(11-19)14-12-20-23(13-14)15-4-2-1-3-5-15/h1-5,12-13,16H,6-10H2/t16-/m1/s1. The average molecular weight is 344 g/mol. The molecule has 3 rings (SSSR count). The van der Waals surface area contributed by atoms with Crippen LogP contribution in [-0.4, -0.2) is 57.5 Å². The maximum Gasteiger partial charge on any atom is 0.237 e. The molecule has 0 unspecified atom stereocenters. The van der Waals surface area contributed by atoms with E-state index < -0.39 is 0 Å². The molecule has 1 aliphatic heterocycles. The number of piperazine rings is 1. The fraction of sp³-hybridized carbons (Fsp3) is 0.353. The van der Waals surface area contributed by atoms with Crippen LogP contribution in [0.25, 0.3) is 5.69 Å². The van der Waals surface area contributed by atoms with Gasteiger partial charge in [0.05, 0.1) is 18.0 Å². The quantitative estimate of drug-likeness (QED) is 0.794. The number of rotatable bonds is 4. The lowest BCUT2D eigenvalue weighted by molar-refractivity contribution is -0.130. The van der Waals surface area contributed by atoms with Gasteiger partial charge in [-0.2, -0.15) is 10.4 Å². The van der Waals surface area contributed by atoms with E-state index >= 15 is 0 Å². The number of nitrogens with zero attached hydrogens (tertiary/aromatic N) is 5. The van der Waals surface area contributed by atoms with Gasteiger partial charge in [0, 0.05) is 37.9 Å². The number of amides is 1. The van der Waals surface area contributed by atoms with Gasteiger partial charge < -0.3 is 4.90 Å². The van der Waals surface area contributed by atoms with Crippen molar-refractivity contribution in [2.24, 2.45) is 0 Å². The predicted octanol–water partition coefficient (Wildman–Crippen LogP) is 1.82. The van der Waals surface area contributed by atoms with E-state index in [4.69, 9.17) is 11.6 Å². The molecule has 0 saturated carbocycles. The highest BCUT2D eigenvalue weighted by Gasteiger charge is 2.27. The van der Waals surface area contributed by atoms with Crippen molar-refractivity contribution in [2.45, 2.75) is 6.04 Å². The van der Waals surface area contributed by atoms with Gasteiger partial charge in [-0.3, -0.25) is 9.69 Å². The first kappa shape index (κ1) is 16.5. The van der Waals surface area contributed by atoms with Gasteiger partial charge >= 0.3 is 0 Å². The average Bonchev–Trinajstić information content (AvgIpc) is 3.13. The molecule has 1 saturated heterocycles. The molecule has 0 radical (unpaired) electrons. The summed E-state index contributed by atoms with van der Waals surface area (Å²) in [6.45, 7) is 2.49. The molecule has 1 aliphatic rings. The van der Waals surface area contributed by atoms with Crippen molar-refractivity contribution in [3.8, 4) is 11.8 Å². The summed E-state index contributed by atoms with van der Waals surface area (Å²) >= 11 is 5.60. The molecule has 1 fully saturated rings. The largest absolute Gasteiger partial charge is 0.339 e. The van der Waals surface area contributed by atoms with E-state index in [-0.39, 0.29) is 17.8 Å². The molecule has 1 aromatic carbocycles. The Hall–Kier alpha value is -2.36. The number of aromatic nitrogens is 2. The fourth-order valence-electron chi connectivity index (χ4n) is 2.88. The summed E-state index contributed by atoms with van der Waals surface area (Å²) in [7, 11) is 0. The molecule has 1 aromatic heterocycles. The molecular formula is C17H18ClN5O. The molecule has 6 nitrogen and oxygen atoms in total. The zero-order chi connectivity index (χ0) is 16.9. The summed E-state index contributed by atoms with van der Waals surface area (Å²) in [4.78, 5) is 15.5. The van der Waals surface area contributed by atoms with E-state index in [1.807, 2.05) is 36.5 Å². The number of carbonyl (C=O) groups is 1. The van der Waals surface area contributed by atoms with E-state index in [1.54, 1.807) is 15.8 Å². The smallest absolute Gasteiger partial charge is 0.237 e. The summed E-state index contributed by atoms with van der Waals surface area (Å²) in [6.07, 6.45) is 3.62. The highest BCUT2D eigenvalue weighted by atomic mass is 35.5. The first-order valence-electron chi connectivity index (χ1n) is 7.80. The number of hydrogen-bond acceptors (Lipinski definition) is 4. The monoisotopic (exact) mass is 343 g/mol. The lowest BCUT2D eigenvalue weighted by Gasteiger charge is -2.36. The molecule has 0 bridgehead atoms. The summed E-state index contributed by atoms with van der Waals surface area (Å²) in [5.41, 5.74) is 1.82. The zero-order valence-corrected chi connectivity index (χ0v) is 13.9. The van der Waals surface area contributed by atoms with E-state index in [0.717, 1.165) is 11.3 Å². The first-order valence-corrected chi connectivity index (χ1v) is 8.34. The number of benzene rings is 1. The number of para-hydroxylation sites is 1. The normalized spacial score (nSPS) is 16.6. The van der Waals surface area contributed by atoms with Gasteiger partial charge in [-0.15, -0.1) is 11.6 Å². The fourth-order valence-corrected chi connectivity index (χ4v) is 3.05. The summed E-state index contributed by atoms with van der Waals surface area (Å²) in [5.74, 6) is -0.0485. The number of hydrogen-bond donors (Lipinski definition) is 0. The lowest BCUT2D eigenvalue weighted by atomic mass is 10.1. The van der Waals surface area contributed by atoms with E-state index in [1.165, 1.54) is 0 Å². The van der Waals surface area contributed by atoms with Gasteiger partial charge in [0.25, 0.3) is 0 Å².